The number of fused-ring (bicyclic) bond motifs is 1. The number of hydrogen-bond donors (Lipinski definition) is 2. The molecule has 31 heavy (non-hydrogen) atoms. The van der Waals surface area contributed by atoms with Crippen molar-refractivity contribution < 1.29 is 14.0 Å². The van der Waals surface area contributed by atoms with E-state index in [9.17, 15) is 9.59 Å². The summed E-state index contributed by atoms with van der Waals surface area (Å²) in [6.45, 7) is 1.08. The first-order chi connectivity index (χ1) is 15.0. The van der Waals surface area contributed by atoms with Gasteiger partial charge in [-0.3, -0.25) is 9.59 Å². The van der Waals surface area contributed by atoms with Crippen LogP contribution in [-0.4, -0.2) is 39.0 Å². The Balaban J connectivity index is 1.41. The predicted octanol–water partition coefficient (Wildman–Crippen LogP) is 3.20. The third kappa shape index (κ3) is 4.55. The Morgan fingerprint density at radius 1 is 1.03 bits per heavy atom. The lowest BCUT2D eigenvalue weighted by Gasteiger charge is -2.29. The molecule has 7 nitrogen and oxygen atoms in total. The molecule has 1 aromatic heterocycles. The van der Waals surface area contributed by atoms with E-state index >= 15 is 0 Å². The van der Waals surface area contributed by atoms with Crippen LogP contribution in [0.5, 0.6) is 0 Å². The Labute approximate surface area is 181 Å². The Morgan fingerprint density at radius 2 is 1.81 bits per heavy atom. The van der Waals surface area contributed by atoms with E-state index in [1.54, 1.807) is 18.4 Å². The van der Waals surface area contributed by atoms with Gasteiger partial charge in [0.25, 0.3) is 0 Å². The second kappa shape index (κ2) is 8.95. The van der Waals surface area contributed by atoms with Crippen LogP contribution in [-0.2, 0) is 16.0 Å². The maximum atomic E-state index is 12.5. The fourth-order valence-corrected chi connectivity index (χ4v) is 3.83. The summed E-state index contributed by atoms with van der Waals surface area (Å²) in [7, 11) is 3.88. The summed E-state index contributed by atoms with van der Waals surface area (Å²) >= 11 is 0. The highest BCUT2D eigenvalue weighted by atomic mass is 16.3. The average molecular weight is 418 g/mol. The van der Waals surface area contributed by atoms with Gasteiger partial charge in [-0.25, -0.2) is 0 Å². The molecule has 0 aliphatic carbocycles. The van der Waals surface area contributed by atoms with Crippen molar-refractivity contribution in [3.8, 4) is 0 Å². The molecular weight excluding hydrogens is 392 g/mol. The molecule has 0 unspecified atom stereocenters. The zero-order valence-electron chi connectivity index (χ0n) is 17.7. The molecule has 2 aromatic carbocycles. The fraction of sp³-hybridized carbons (Fsp3) is 0.250. The maximum Gasteiger partial charge on any atom is 0.313 e. The van der Waals surface area contributed by atoms with Crippen molar-refractivity contribution in [1.82, 2.24) is 5.32 Å². The summed E-state index contributed by atoms with van der Waals surface area (Å²) in [4.78, 5) is 29.0. The number of nitrogens with one attached hydrogen (secondary N) is 2. The second-order valence-electron chi connectivity index (χ2n) is 7.71. The van der Waals surface area contributed by atoms with E-state index < -0.39 is 11.8 Å². The van der Waals surface area contributed by atoms with Crippen LogP contribution in [0.4, 0.5) is 17.1 Å². The Morgan fingerprint density at radius 3 is 2.52 bits per heavy atom. The molecule has 0 saturated carbocycles. The number of amides is 2. The molecule has 0 spiro atoms. The fourth-order valence-electron chi connectivity index (χ4n) is 3.83. The number of furan rings is 1. The summed E-state index contributed by atoms with van der Waals surface area (Å²) in [6.07, 6.45) is 2.56. The van der Waals surface area contributed by atoms with Gasteiger partial charge in [-0.1, -0.05) is 18.2 Å². The zero-order valence-corrected chi connectivity index (χ0v) is 17.7. The van der Waals surface area contributed by atoms with Crippen molar-refractivity contribution in [2.75, 3.05) is 42.3 Å². The van der Waals surface area contributed by atoms with Gasteiger partial charge in [0.15, 0.2) is 0 Å². The highest BCUT2D eigenvalue weighted by Gasteiger charge is 2.29. The van der Waals surface area contributed by atoms with Crippen LogP contribution in [0.15, 0.2) is 71.3 Å². The van der Waals surface area contributed by atoms with Crippen LogP contribution in [0.2, 0.25) is 0 Å². The normalized spacial score (nSPS) is 13.4. The number of carbonyl (C=O) groups is 2. The van der Waals surface area contributed by atoms with E-state index in [4.69, 9.17) is 4.42 Å². The van der Waals surface area contributed by atoms with Gasteiger partial charge >= 0.3 is 11.8 Å². The molecule has 1 atom stereocenters. The van der Waals surface area contributed by atoms with Gasteiger partial charge in [-0.2, -0.15) is 0 Å². The van der Waals surface area contributed by atoms with Crippen LogP contribution in [0.1, 0.15) is 17.4 Å². The molecule has 1 aliphatic heterocycles. The summed E-state index contributed by atoms with van der Waals surface area (Å²) in [5.41, 5.74) is 3.98. The van der Waals surface area contributed by atoms with Gasteiger partial charge in [0, 0.05) is 44.2 Å². The molecule has 0 radical (unpaired) electrons. The van der Waals surface area contributed by atoms with Crippen LogP contribution in [0.25, 0.3) is 0 Å². The summed E-state index contributed by atoms with van der Waals surface area (Å²) < 4.78 is 5.64. The number of carbonyl (C=O) groups excluding carboxylic acids is 2. The number of anilines is 3. The molecule has 2 heterocycles. The lowest BCUT2D eigenvalue weighted by atomic mass is 10.1. The Bertz CT molecular complexity index is 1040. The second-order valence-corrected chi connectivity index (χ2v) is 7.71. The van der Waals surface area contributed by atoms with Crippen molar-refractivity contribution >= 4 is 28.9 Å². The monoisotopic (exact) mass is 418 g/mol. The van der Waals surface area contributed by atoms with E-state index in [1.807, 2.05) is 55.4 Å². The van der Waals surface area contributed by atoms with Gasteiger partial charge in [0.2, 0.25) is 0 Å². The third-order valence-corrected chi connectivity index (χ3v) is 5.47. The third-order valence-electron chi connectivity index (χ3n) is 5.47. The van der Waals surface area contributed by atoms with Crippen molar-refractivity contribution in [1.29, 1.82) is 0 Å². The largest absolute Gasteiger partial charge is 0.467 e. The molecule has 0 bridgehead atoms. The topological polar surface area (TPSA) is 77.8 Å². The minimum absolute atomic E-state index is 0.199. The zero-order chi connectivity index (χ0) is 21.8. The summed E-state index contributed by atoms with van der Waals surface area (Å²) in [5.74, 6) is -0.630. The smallest absolute Gasteiger partial charge is 0.313 e. The van der Waals surface area contributed by atoms with Crippen molar-refractivity contribution in [2.45, 2.75) is 12.5 Å². The van der Waals surface area contributed by atoms with Crippen LogP contribution in [0.3, 0.4) is 0 Å². The SMILES string of the molecule is CN(C)c1ccc(NC(=O)C(=O)NC[C@H](c2ccco2)N2CCc3ccccc32)cc1. The number of hydrogen-bond acceptors (Lipinski definition) is 5. The van der Waals surface area contributed by atoms with Crippen molar-refractivity contribution in [2.24, 2.45) is 0 Å². The average Bonchev–Trinajstić information content (AvgIpc) is 3.45. The first kappa shape index (κ1) is 20.5. The minimum Gasteiger partial charge on any atom is -0.467 e. The highest BCUT2D eigenvalue weighted by Crippen LogP contribution is 2.34. The predicted molar refractivity (Wildman–Crippen MR) is 121 cm³/mol. The molecule has 0 saturated heterocycles. The molecule has 0 fully saturated rings. The van der Waals surface area contributed by atoms with Crippen LogP contribution >= 0.6 is 0 Å². The standard InChI is InChI=1S/C24H26N4O3/c1-27(2)19-11-9-18(10-12-19)26-24(30)23(29)25-16-21(22-8-5-15-31-22)28-14-13-17-6-3-4-7-20(17)28/h3-12,15,21H,13-14,16H2,1-2H3,(H,25,29)(H,26,30)/t21-/m1/s1. The molecule has 160 valence electrons. The Hall–Kier alpha value is -3.74. The molecule has 2 N–H and O–H groups in total. The minimum atomic E-state index is -0.697. The molecule has 4 rings (SSSR count). The van der Waals surface area contributed by atoms with Gasteiger partial charge in [0.05, 0.1) is 6.26 Å². The quantitative estimate of drug-likeness (QED) is 0.601. The van der Waals surface area contributed by atoms with E-state index in [0.717, 1.165) is 30.1 Å². The van der Waals surface area contributed by atoms with E-state index in [2.05, 4.69) is 27.7 Å². The molecular formula is C24H26N4O3. The molecule has 3 aromatic rings. The first-order valence-corrected chi connectivity index (χ1v) is 10.3. The summed E-state index contributed by atoms with van der Waals surface area (Å²) in [6, 6.07) is 19.0. The van der Waals surface area contributed by atoms with Crippen molar-refractivity contribution in [3.05, 3.63) is 78.3 Å². The summed E-state index contributed by atoms with van der Waals surface area (Å²) in [5, 5.41) is 5.41. The molecule has 1 aliphatic rings. The Kier molecular flexibility index (Phi) is 5.93. The molecule has 7 heteroatoms. The molecule has 2 amide bonds. The number of rotatable bonds is 6. The van der Waals surface area contributed by atoms with Crippen LogP contribution in [0, 0.1) is 0 Å². The first-order valence-electron chi connectivity index (χ1n) is 10.3. The lowest BCUT2D eigenvalue weighted by Crippen LogP contribution is -2.41. The van der Waals surface area contributed by atoms with E-state index in [-0.39, 0.29) is 12.6 Å². The van der Waals surface area contributed by atoms with Gasteiger partial charge in [-0.15, -0.1) is 0 Å². The number of para-hydroxylation sites is 1. The van der Waals surface area contributed by atoms with Crippen LogP contribution < -0.4 is 20.4 Å². The van der Waals surface area contributed by atoms with Gasteiger partial charge in [-0.05, 0) is 54.4 Å². The van der Waals surface area contributed by atoms with Gasteiger partial charge in [0.1, 0.15) is 11.8 Å². The van der Waals surface area contributed by atoms with E-state index in [0.29, 0.717) is 5.69 Å². The number of benzene rings is 2. The lowest BCUT2D eigenvalue weighted by molar-refractivity contribution is -0.136. The van der Waals surface area contributed by atoms with E-state index in [1.165, 1.54) is 5.56 Å². The van der Waals surface area contributed by atoms with Gasteiger partial charge < -0.3 is 24.9 Å². The highest BCUT2D eigenvalue weighted by molar-refractivity contribution is 6.39. The van der Waals surface area contributed by atoms with Crippen molar-refractivity contribution in [3.63, 3.8) is 0 Å². The number of nitrogens with zero attached hydrogens (tertiary/aromatic N) is 2. The maximum absolute atomic E-state index is 12.5.